The number of aromatic nitrogens is 4. The number of hydrogen-bond donors (Lipinski definition) is 2. The van der Waals surface area contributed by atoms with Gasteiger partial charge in [0.25, 0.3) is 0 Å². The van der Waals surface area contributed by atoms with E-state index in [4.69, 9.17) is 13.4 Å². The van der Waals surface area contributed by atoms with E-state index in [9.17, 15) is 8.42 Å². The van der Waals surface area contributed by atoms with Gasteiger partial charge in [0.2, 0.25) is 16.0 Å². The van der Waals surface area contributed by atoms with Gasteiger partial charge in [-0.1, -0.05) is 6.07 Å². The molecular formula is C21H23N7O2S. The summed E-state index contributed by atoms with van der Waals surface area (Å²) in [5.41, 5.74) is 1.18. The van der Waals surface area contributed by atoms with Gasteiger partial charge in [-0.15, -0.1) is 0 Å². The Bertz CT molecular complexity index is 1600. The molecule has 0 bridgehead atoms. The monoisotopic (exact) mass is 443 g/mol. The molecule has 4 rings (SSSR count). The number of nitrogens with one attached hydrogen (secondary N) is 1. The summed E-state index contributed by atoms with van der Waals surface area (Å²) >= 11 is 0. The second kappa shape index (κ2) is 7.64. The van der Waals surface area contributed by atoms with Crippen LogP contribution >= 0.6 is 0 Å². The quantitative estimate of drug-likeness (QED) is 0.486. The molecule has 4 aromatic rings. The molecule has 0 aliphatic carbocycles. The average molecular weight is 444 g/mol. The molecule has 0 aliphatic heterocycles. The van der Waals surface area contributed by atoms with Crippen molar-refractivity contribution in [1.82, 2.24) is 19.7 Å². The molecule has 9 nitrogen and oxygen atoms in total. The second-order valence-corrected chi connectivity index (χ2v) is 8.38. The van der Waals surface area contributed by atoms with Gasteiger partial charge in [-0.25, -0.2) is 18.5 Å². The molecular weight excluding hydrogens is 414 g/mol. The lowest BCUT2D eigenvalue weighted by Gasteiger charge is -2.19. The maximum absolute atomic E-state index is 12.0. The van der Waals surface area contributed by atoms with Crippen LogP contribution in [0.2, 0.25) is 0 Å². The zero-order chi connectivity index (χ0) is 27.3. The standard InChI is InChI=1S/C21H23N7O2S/c1-13-5-6-15(11-19(13)31(22,29)30)24-21-23-10-9-20(25-21)27(3)16-7-8-17-14(2)28(4)26-18(17)12-16/h5-12H,1-4H3,(H2,22,29,30)(H,23,24,25)/i1D3,2D3. The topological polar surface area (TPSA) is 119 Å². The maximum atomic E-state index is 12.0. The van der Waals surface area contributed by atoms with E-state index in [0.717, 1.165) is 6.07 Å². The highest BCUT2D eigenvalue weighted by Crippen LogP contribution is 2.28. The molecule has 3 N–H and O–H groups in total. The van der Waals surface area contributed by atoms with Gasteiger partial charge in [-0.05, 0) is 55.7 Å². The lowest BCUT2D eigenvalue weighted by atomic mass is 10.2. The maximum Gasteiger partial charge on any atom is 0.238 e. The Kier molecular flexibility index (Phi) is 3.57. The molecule has 160 valence electrons. The van der Waals surface area contributed by atoms with E-state index in [1.165, 1.54) is 23.0 Å². The fourth-order valence-electron chi connectivity index (χ4n) is 3.09. The van der Waals surface area contributed by atoms with Gasteiger partial charge in [0, 0.05) is 51.0 Å². The van der Waals surface area contributed by atoms with Crippen LogP contribution in [0.15, 0.2) is 53.6 Å². The highest BCUT2D eigenvalue weighted by molar-refractivity contribution is 7.89. The summed E-state index contributed by atoms with van der Waals surface area (Å²) in [6, 6.07) is 10.5. The van der Waals surface area contributed by atoms with Crippen molar-refractivity contribution >= 4 is 44.1 Å². The third kappa shape index (κ3) is 4.07. The third-order valence-corrected chi connectivity index (χ3v) is 5.68. The molecule has 10 heteroatoms. The van der Waals surface area contributed by atoms with Crippen LogP contribution in [0, 0.1) is 13.7 Å². The van der Waals surface area contributed by atoms with Gasteiger partial charge in [0.1, 0.15) is 5.82 Å². The van der Waals surface area contributed by atoms with Crippen LogP contribution in [-0.2, 0) is 17.1 Å². The van der Waals surface area contributed by atoms with E-state index in [1.54, 1.807) is 43.3 Å². The van der Waals surface area contributed by atoms with Crippen molar-refractivity contribution in [2.45, 2.75) is 18.6 Å². The fourth-order valence-corrected chi connectivity index (χ4v) is 3.76. The van der Waals surface area contributed by atoms with Crippen molar-refractivity contribution in [3.8, 4) is 0 Å². The SMILES string of the molecule is [2H]C([2H])([2H])c1ccc(Nc2nccc(N(C)c3ccc4c(C([2H])([2H])[2H])n(C)nc4c3)n2)cc1S(N)(=O)=O. The first-order valence-electron chi connectivity index (χ1n) is 12.0. The molecule has 0 fully saturated rings. The first kappa shape index (κ1) is 14.5. The van der Waals surface area contributed by atoms with E-state index in [0.29, 0.717) is 22.4 Å². The molecule has 0 saturated carbocycles. The Morgan fingerprint density at radius 1 is 1.16 bits per heavy atom. The normalized spacial score (nSPS) is 15.3. The van der Waals surface area contributed by atoms with Crippen LogP contribution in [0.1, 0.15) is 19.5 Å². The predicted octanol–water partition coefficient (Wildman–Crippen LogP) is 3.14. The molecule has 0 amide bonds. The Hall–Kier alpha value is -3.50. The number of fused-ring (bicyclic) bond motifs is 1. The first-order valence-corrected chi connectivity index (χ1v) is 10.6. The zero-order valence-corrected chi connectivity index (χ0v) is 17.5. The van der Waals surface area contributed by atoms with Crippen LogP contribution < -0.4 is 15.4 Å². The number of sulfonamides is 1. The van der Waals surface area contributed by atoms with E-state index >= 15 is 0 Å². The van der Waals surface area contributed by atoms with Gasteiger partial charge in [-0.2, -0.15) is 10.1 Å². The Balaban J connectivity index is 1.65. The van der Waals surface area contributed by atoms with E-state index in [1.807, 2.05) is 0 Å². The van der Waals surface area contributed by atoms with Crippen molar-refractivity contribution in [3.05, 3.63) is 59.9 Å². The van der Waals surface area contributed by atoms with Crippen molar-refractivity contribution in [3.63, 3.8) is 0 Å². The molecule has 0 radical (unpaired) electrons. The summed E-state index contributed by atoms with van der Waals surface area (Å²) in [4.78, 5) is 9.81. The van der Waals surface area contributed by atoms with E-state index in [2.05, 4.69) is 20.4 Å². The summed E-state index contributed by atoms with van der Waals surface area (Å²) < 4.78 is 71.3. The molecule has 2 aromatic heterocycles. The summed E-state index contributed by atoms with van der Waals surface area (Å²) in [7, 11) is -0.972. The van der Waals surface area contributed by atoms with Crippen LogP contribution in [0.4, 0.5) is 23.1 Å². The molecule has 0 unspecified atom stereocenters. The van der Waals surface area contributed by atoms with E-state index in [-0.39, 0.29) is 22.9 Å². The Morgan fingerprint density at radius 3 is 2.74 bits per heavy atom. The molecule has 0 spiro atoms. The van der Waals surface area contributed by atoms with Crippen molar-refractivity contribution < 1.29 is 16.6 Å². The highest BCUT2D eigenvalue weighted by Gasteiger charge is 2.14. The minimum absolute atomic E-state index is 0.120. The number of nitrogens with two attached hydrogens (primary N) is 1. The minimum Gasteiger partial charge on any atom is -0.329 e. The second-order valence-electron chi connectivity index (χ2n) is 6.85. The van der Waals surface area contributed by atoms with Crippen molar-refractivity contribution in [2.75, 3.05) is 17.3 Å². The molecule has 2 aromatic carbocycles. The molecule has 2 heterocycles. The molecule has 0 saturated heterocycles. The summed E-state index contributed by atoms with van der Waals surface area (Å²) in [5.74, 6) is 0.588. The van der Waals surface area contributed by atoms with Gasteiger partial charge in [0.05, 0.1) is 10.4 Å². The van der Waals surface area contributed by atoms with Crippen LogP contribution in [0.3, 0.4) is 0 Å². The van der Waals surface area contributed by atoms with E-state index < -0.39 is 28.6 Å². The predicted molar refractivity (Wildman–Crippen MR) is 121 cm³/mol. The Morgan fingerprint density at radius 2 is 2.00 bits per heavy atom. The van der Waals surface area contributed by atoms with Gasteiger partial charge in [-0.3, -0.25) is 4.68 Å². The summed E-state index contributed by atoms with van der Waals surface area (Å²) in [6.07, 6.45) is 1.49. The number of aryl methyl sites for hydroxylation is 3. The lowest BCUT2D eigenvalue weighted by Crippen LogP contribution is -2.14. The molecule has 0 atom stereocenters. The van der Waals surface area contributed by atoms with Gasteiger partial charge < -0.3 is 10.2 Å². The first-order chi connectivity index (χ1) is 17.1. The fraction of sp³-hybridized carbons (Fsp3) is 0.190. The largest absolute Gasteiger partial charge is 0.329 e. The van der Waals surface area contributed by atoms with Crippen LogP contribution in [-0.4, -0.2) is 35.2 Å². The number of primary sulfonamides is 1. The van der Waals surface area contributed by atoms with Gasteiger partial charge in [0.15, 0.2) is 0 Å². The van der Waals surface area contributed by atoms with Gasteiger partial charge >= 0.3 is 0 Å². The zero-order valence-electron chi connectivity index (χ0n) is 22.7. The Labute approximate surface area is 189 Å². The number of hydrogen-bond acceptors (Lipinski definition) is 7. The summed E-state index contributed by atoms with van der Waals surface area (Å²) in [5, 5.41) is 13.0. The average Bonchev–Trinajstić information content (AvgIpc) is 3.12. The molecule has 31 heavy (non-hydrogen) atoms. The number of rotatable bonds is 5. The summed E-state index contributed by atoms with van der Waals surface area (Å²) in [6.45, 7) is -4.98. The number of benzene rings is 2. The highest BCUT2D eigenvalue weighted by atomic mass is 32.2. The third-order valence-electron chi connectivity index (χ3n) is 4.73. The molecule has 0 aliphatic rings. The number of nitrogens with zero attached hydrogens (tertiary/aromatic N) is 5. The van der Waals surface area contributed by atoms with Crippen LogP contribution in [0.5, 0.6) is 0 Å². The van der Waals surface area contributed by atoms with Crippen LogP contribution in [0.25, 0.3) is 10.9 Å². The van der Waals surface area contributed by atoms with Crippen molar-refractivity contribution in [1.29, 1.82) is 0 Å². The van der Waals surface area contributed by atoms with Crippen molar-refractivity contribution in [2.24, 2.45) is 12.2 Å². The number of anilines is 4. The lowest BCUT2D eigenvalue weighted by molar-refractivity contribution is 0.597. The smallest absolute Gasteiger partial charge is 0.238 e. The minimum atomic E-state index is -4.31.